The first-order valence-corrected chi connectivity index (χ1v) is 15.7. The highest BCUT2D eigenvalue weighted by molar-refractivity contribution is 7.99. The lowest BCUT2D eigenvalue weighted by molar-refractivity contribution is -0.162. The number of thioether (sulfide) groups is 1. The summed E-state index contributed by atoms with van der Waals surface area (Å²) in [6.45, 7) is 5.55. The summed E-state index contributed by atoms with van der Waals surface area (Å²) in [5, 5.41) is 14.2. The predicted octanol–water partition coefficient (Wildman–Crippen LogP) is 3.23. The van der Waals surface area contributed by atoms with Crippen molar-refractivity contribution in [1.82, 2.24) is 9.97 Å². The molecule has 214 valence electrons. The molecule has 0 unspecified atom stereocenters. The second kappa shape index (κ2) is 10.3. The number of aliphatic hydroxyl groups excluding tert-OH is 1. The first-order chi connectivity index (χ1) is 18.3. The van der Waals surface area contributed by atoms with Crippen LogP contribution in [0.2, 0.25) is 0 Å². The van der Waals surface area contributed by atoms with E-state index in [1.807, 2.05) is 6.92 Å². The third kappa shape index (κ3) is 5.67. The summed E-state index contributed by atoms with van der Waals surface area (Å²) in [6.07, 6.45) is 0.855. The van der Waals surface area contributed by atoms with Crippen LogP contribution in [0.1, 0.15) is 51.5 Å². The Hall–Kier alpha value is -2.26. The monoisotopic (exact) mass is 585 g/mol. The number of halogens is 2. The lowest BCUT2D eigenvalue weighted by atomic mass is 10.1. The van der Waals surface area contributed by atoms with Gasteiger partial charge in [-0.3, -0.25) is 0 Å². The number of ether oxygens (including phenoxy) is 2. The fourth-order valence-electron chi connectivity index (χ4n) is 5.35. The van der Waals surface area contributed by atoms with Gasteiger partial charge < -0.3 is 25.6 Å². The summed E-state index contributed by atoms with van der Waals surface area (Å²) in [6, 6.07) is 2.60. The number of aromatic nitrogens is 2. The highest BCUT2D eigenvalue weighted by atomic mass is 32.2. The molecule has 1 aromatic heterocycles. The number of anilines is 3. The molecule has 10 nitrogen and oxygen atoms in total. The maximum Gasteiger partial charge on any atom is 0.233 e. The van der Waals surface area contributed by atoms with Gasteiger partial charge >= 0.3 is 0 Å². The number of hydrogen-bond donors (Lipinski definition) is 3. The zero-order chi connectivity index (χ0) is 28.3. The molecule has 0 amide bonds. The highest BCUT2D eigenvalue weighted by Gasteiger charge is 2.54. The molecule has 2 aliphatic carbocycles. The normalized spacial score (nSPS) is 29.3. The SMILES string of the molecule is CCCSc1nc(N[C@@H]2C[C@H](O)[C@H]3OC(C)(C)O[C@H]32)c(N)c(N([C@@H]2C[C@H]2c2ccc(F)c(F)c2)S(C)(=O)=O)n1. The van der Waals surface area contributed by atoms with Gasteiger partial charge in [-0.25, -0.2) is 31.5 Å². The molecule has 14 heteroatoms. The second-order valence-corrected chi connectivity index (χ2v) is 13.6. The van der Waals surface area contributed by atoms with E-state index in [2.05, 4.69) is 15.3 Å². The van der Waals surface area contributed by atoms with Gasteiger partial charge in [-0.1, -0.05) is 24.8 Å². The topological polar surface area (TPSA) is 140 Å². The molecule has 0 bridgehead atoms. The van der Waals surface area contributed by atoms with Gasteiger partial charge in [0.15, 0.2) is 34.2 Å². The van der Waals surface area contributed by atoms with Crippen LogP contribution in [0.25, 0.3) is 0 Å². The van der Waals surface area contributed by atoms with Crippen molar-refractivity contribution in [2.45, 2.75) is 87.3 Å². The standard InChI is InChI=1S/C25H33F2N5O5S2/c1-5-8-38-24-30-22(29-16-11-18(33)21-20(16)36-25(2,3)37-21)19(28)23(31-24)32(39(4,34)35)17-10-13(17)12-6-7-14(26)15(27)9-12/h6-7,9,13,16-18,20-21,33H,5,8,10-11,28H2,1-4H3,(H,29,30,31)/t13-,16+,17+,18-,20-,21+/m0/s1. The average Bonchev–Trinajstić information content (AvgIpc) is 3.47. The third-order valence-corrected chi connectivity index (χ3v) is 9.30. The summed E-state index contributed by atoms with van der Waals surface area (Å²) < 4.78 is 66.6. The summed E-state index contributed by atoms with van der Waals surface area (Å²) in [7, 11) is -3.88. The van der Waals surface area contributed by atoms with E-state index in [0.29, 0.717) is 29.3 Å². The Bertz CT molecular complexity index is 1360. The molecule has 3 aliphatic rings. The zero-order valence-corrected chi connectivity index (χ0v) is 23.7. The number of nitrogens with two attached hydrogens (primary N) is 1. The molecule has 3 fully saturated rings. The van der Waals surface area contributed by atoms with Crippen LogP contribution in [0.3, 0.4) is 0 Å². The average molecular weight is 586 g/mol. The second-order valence-electron chi connectivity index (χ2n) is 10.7. The van der Waals surface area contributed by atoms with Gasteiger partial charge in [-0.05, 0) is 50.8 Å². The minimum atomic E-state index is -3.88. The quantitative estimate of drug-likeness (QED) is 0.297. The van der Waals surface area contributed by atoms with Crippen molar-refractivity contribution in [1.29, 1.82) is 0 Å². The van der Waals surface area contributed by atoms with Crippen molar-refractivity contribution >= 4 is 39.1 Å². The van der Waals surface area contributed by atoms with E-state index < -0.39 is 57.8 Å². The Balaban J connectivity index is 1.50. The molecule has 4 N–H and O–H groups in total. The molecule has 6 atom stereocenters. The molecular formula is C25H33F2N5O5S2. The van der Waals surface area contributed by atoms with Crippen molar-refractivity contribution in [3.8, 4) is 0 Å². The van der Waals surface area contributed by atoms with E-state index in [1.165, 1.54) is 17.8 Å². The molecule has 5 rings (SSSR count). The highest BCUT2D eigenvalue weighted by Crippen LogP contribution is 2.49. The minimum absolute atomic E-state index is 0.0164. The van der Waals surface area contributed by atoms with E-state index >= 15 is 0 Å². The van der Waals surface area contributed by atoms with Crippen LogP contribution < -0.4 is 15.4 Å². The number of nitrogens with one attached hydrogen (secondary N) is 1. The van der Waals surface area contributed by atoms with Crippen LogP contribution in [0.15, 0.2) is 23.4 Å². The van der Waals surface area contributed by atoms with Crippen LogP contribution in [0.4, 0.5) is 26.1 Å². The Morgan fingerprint density at radius 2 is 1.92 bits per heavy atom. The van der Waals surface area contributed by atoms with Crippen molar-refractivity contribution in [3.63, 3.8) is 0 Å². The Labute approximate surface area is 230 Å². The van der Waals surface area contributed by atoms with Crippen molar-refractivity contribution in [2.24, 2.45) is 0 Å². The van der Waals surface area contributed by atoms with Crippen molar-refractivity contribution < 1.29 is 31.8 Å². The van der Waals surface area contributed by atoms with E-state index in [9.17, 15) is 22.3 Å². The van der Waals surface area contributed by atoms with E-state index in [1.54, 1.807) is 13.8 Å². The number of nitrogens with zero attached hydrogens (tertiary/aromatic N) is 3. The van der Waals surface area contributed by atoms with E-state index in [0.717, 1.165) is 29.1 Å². The molecule has 1 aromatic carbocycles. The summed E-state index contributed by atoms with van der Waals surface area (Å²) in [4.78, 5) is 9.11. The number of hydrogen-bond acceptors (Lipinski definition) is 10. The van der Waals surface area contributed by atoms with Gasteiger partial charge in [-0.2, -0.15) is 0 Å². The maximum atomic E-state index is 13.9. The largest absolute Gasteiger partial charge is 0.393 e. The number of aliphatic hydroxyl groups is 1. The number of benzene rings is 1. The predicted molar refractivity (Wildman–Crippen MR) is 144 cm³/mol. The molecule has 1 aliphatic heterocycles. The molecular weight excluding hydrogens is 552 g/mol. The first-order valence-electron chi connectivity index (χ1n) is 12.8. The Kier molecular flexibility index (Phi) is 7.46. The number of rotatable bonds is 9. The lowest BCUT2D eigenvalue weighted by Crippen LogP contribution is -2.36. The van der Waals surface area contributed by atoms with E-state index in [-0.39, 0.29) is 23.2 Å². The summed E-state index contributed by atoms with van der Waals surface area (Å²) >= 11 is 1.36. The molecule has 2 heterocycles. The molecule has 0 radical (unpaired) electrons. The maximum absolute atomic E-state index is 13.9. The summed E-state index contributed by atoms with van der Waals surface area (Å²) in [5.41, 5.74) is 7.04. The van der Waals surface area contributed by atoms with E-state index in [4.69, 9.17) is 15.2 Å². The van der Waals surface area contributed by atoms with Gasteiger partial charge in [0.2, 0.25) is 10.0 Å². The van der Waals surface area contributed by atoms with Gasteiger partial charge in [0.05, 0.1) is 24.4 Å². The fraction of sp³-hybridized carbons (Fsp3) is 0.600. The van der Waals surface area contributed by atoms with Crippen LogP contribution in [-0.4, -0.2) is 71.7 Å². The number of sulfonamides is 1. The number of nitrogen functional groups attached to an aromatic ring is 1. The molecule has 2 aromatic rings. The minimum Gasteiger partial charge on any atom is -0.393 e. The summed E-state index contributed by atoms with van der Waals surface area (Å²) in [5.74, 6) is -2.25. The third-order valence-electron chi connectivity index (χ3n) is 7.09. The Morgan fingerprint density at radius 1 is 1.21 bits per heavy atom. The van der Waals surface area contributed by atoms with Gasteiger partial charge in [-0.15, -0.1) is 0 Å². The molecule has 1 saturated heterocycles. The number of fused-ring (bicyclic) bond motifs is 1. The first kappa shape index (κ1) is 28.3. The molecule has 0 spiro atoms. The smallest absolute Gasteiger partial charge is 0.233 e. The van der Waals surface area contributed by atoms with Crippen molar-refractivity contribution in [3.05, 3.63) is 35.4 Å². The van der Waals surface area contributed by atoms with Crippen LogP contribution in [-0.2, 0) is 19.5 Å². The van der Waals surface area contributed by atoms with Crippen molar-refractivity contribution in [2.75, 3.05) is 27.4 Å². The Morgan fingerprint density at radius 3 is 2.59 bits per heavy atom. The molecule has 39 heavy (non-hydrogen) atoms. The van der Waals surface area contributed by atoms with Crippen LogP contribution >= 0.6 is 11.8 Å². The van der Waals surface area contributed by atoms with Crippen LogP contribution in [0, 0.1) is 11.6 Å². The van der Waals surface area contributed by atoms with Gasteiger partial charge in [0, 0.05) is 11.7 Å². The van der Waals surface area contributed by atoms with Gasteiger partial charge in [0.25, 0.3) is 0 Å². The fourth-order valence-corrected chi connectivity index (χ4v) is 7.22. The lowest BCUT2D eigenvalue weighted by Gasteiger charge is -2.27. The van der Waals surface area contributed by atoms with Crippen LogP contribution in [0.5, 0.6) is 0 Å². The zero-order valence-electron chi connectivity index (χ0n) is 22.1. The van der Waals surface area contributed by atoms with Gasteiger partial charge in [0.1, 0.15) is 17.9 Å². The molecule has 2 saturated carbocycles.